The Morgan fingerprint density at radius 2 is 1.54 bits per heavy atom. The fourth-order valence-electron chi connectivity index (χ4n) is 4.58. The van der Waals surface area contributed by atoms with Crippen molar-refractivity contribution in [2.24, 2.45) is 0 Å². The van der Waals surface area contributed by atoms with Crippen molar-refractivity contribution in [3.63, 3.8) is 0 Å². The molecule has 3 aromatic carbocycles. The van der Waals surface area contributed by atoms with Crippen LogP contribution in [0.2, 0.25) is 0 Å². The minimum absolute atomic E-state index is 0.0525. The van der Waals surface area contributed by atoms with E-state index in [1.54, 1.807) is 53.4 Å². The lowest BCUT2D eigenvalue weighted by atomic mass is 9.95. The van der Waals surface area contributed by atoms with Gasteiger partial charge in [-0.1, -0.05) is 43.5 Å². The zero-order chi connectivity index (χ0) is 26.0. The van der Waals surface area contributed by atoms with Crippen molar-refractivity contribution in [3.8, 4) is 0 Å². The van der Waals surface area contributed by atoms with Crippen LogP contribution in [0.1, 0.15) is 59.7 Å². The van der Waals surface area contributed by atoms with E-state index in [9.17, 15) is 14.4 Å². The van der Waals surface area contributed by atoms with Gasteiger partial charge in [-0.3, -0.25) is 14.4 Å². The highest BCUT2D eigenvalue weighted by Gasteiger charge is 2.18. The van der Waals surface area contributed by atoms with Crippen molar-refractivity contribution in [1.29, 1.82) is 0 Å². The van der Waals surface area contributed by atoms with E-state index in [4.69, 9.17) is 0 Å². The lowest BCUT2D eigenvalue weighted by molar-refractivity contribution is -0.114. The van der Waals surface area contributed by atoms with Crippen LogP contribution >= 0.6 is 0 Å². The number of amides is 3. The van der Waals surface area contributed by atoms with Gasteiger partial charge in [-0.15, -0.1) is 0 Å². The van der Waals surface area contributed by atoms with Crippen LogP contribution in [0.25, 0.3) is 0 Å². The van der Waals surface area contributed by atoms with Gasteiger partial charge in [0.25, 0.3) is 11.8 Å². The van der Waals surface area contributed by atoms with Gasteiger partial charge in [0.05, 0.1) is 6.54 Å². The monoisotopic (exact) mass is 498 g/mol. The van der Waals surface area contributed by atoms with Gasteiger partial charge < -0.3 is 20.9 Å². The molecule has 0 bridgehead atoms. The molecule has 37 heavy (non-hydrogen) atoms. The molecule has 1 saturated carbocycles. The van der Waals surface area contributed by atoms with Gasteiger partial charge >= 0.3 is 0 Å². The van der Waals surface area contributed by atoms with Crippen LogP contribution in [0, 0.1) is 0 Å². The minimum atomic E-state index is -0.237. The first-order valence-electron chi connectivity index (χ1n) is 12.9. The summed E-state index contributed by atoms with van der Waals surface area (Å²) < 4.78 is 0. The van der Waals surface area contributed by atoms with E-state index in [2.05, 4.69) is 16.0 Å². The third kappa shape index (κ3) is 7.19. The Labute approximate surface area is 218 Å². The summed E-state index contributed by atoms with van der Waals surface area (Å²) in [5.74, 6) is -0.422. The van der Waals surface area contributed by atoms with Crippen LogP contribution in [0.15, 0.2) is 78.9 Å². The largest absolute Gasteiger partial charge is 0.376 e. The molecule has 0 atom stereocenters. The number of hydrogen-bond acceptors (Lipinski definition) is 4. The van der Waals surface area contributed by atoms with Crippen LogP contribution in [0.4, 0.5) is 17.1 Å². The Kier molecular flexibility index (Phi) is 8.92. The summed E-state index contributed by atoms with van der Waals surface area (Å²) in [5.41, 5.74) is 3.23. The standard InChI is InChI=1S/C30H34N4O3/c1-2-34(27-14-7-4-8-15-27)30(37)23-10-9-13-26(20-23)32-28(35)21-31-24-18-16-22(17-19-24)29(36)33-25-11-5-3-6-12-25/h4,7-10,13-20,25,31H,2-3,5-6,11-12,21H2,1H3,(H,32,35)(H,33,36). The molecule has 3 amide bonds. The first-order chi connectivity index (χ1) is 18.0. The Morgan fingerprint density at radius 3 is 2.24 bits per heavy atom. The van der Waals surface area contributed by atoms with Crippen molar-refractivity contribution in [1.82, 2.24) is 5.32 Å². The summed E-state index contributed by atoms with van der Waals surface area (Å²) in [5, 5.41) is 9.04. The molecule has 7 nitrogen and oxygen atoms in total. The second-order valence-corrected chi connectivity index (χ2v) is 9.25. The van der Waals surface area contributed by atoms with Gasteiger partial charge in [-0.2, -0.15) is 0 Å². The highest BCUT2D eigenvalue weighted by atomic mass is 16.2. The fraction of sp³-hybridized carbons (Fsp3) is 0.300. The average molecular weight is 499 g/mol. The van der Waals surface area contributed by atoms with Gasteiger partial charge in [0.15, 0.2) is 0 Å². The quantitative estimate of drug-likeness (QED) is 0.365. The molecule has 0 aromatic heterocycles. The number of nitrogens with one attached hydrogen (secondary N) is 3. The highest BCUT2D eigenvalue weighted by Crippen LogP contribution is 2.20. The molecule has 1 fully saturated rings. The van der Waals surface area contributed by atoms with Crippen LogP contribution in [0.5, 0.6) is 0 Å². The summed E-state index contributed by atoms with van der Waals surface area (Å²) in [6.07, 6.45) is 5.67. The zero-order valence-electron chi connectivity index (χ0n) is 21.2. The summed E-state index contributed by atoms with van der Waals surface area (Å²) >= 11 is 0. The topological polar surface area (TPSA) is 90.5 Å². The maximum atomic E-state index is 13.1. The van der Waals surface area contributed by atoms with Gasteiger partial charge in [-0.25, -0.2) is 0 Å². The highest BCUT2D eigenvalue weighted by molar-refractivity contribution is 6.07. The van der Waals surface area contributed by atoms with Crippen LogP contribution < -0.4 is 20.9 Å². The molecule has 1 aliphatic carbocycles. The lowest BCUT2D eigenvalue weighted by Crippen LogP contribution is -2.36. The third-order valence-electron chi connectivity index (χ3n) is 6.56. The Balaban J connectivity index is 1.29. The van der Waals surface area contributed by atoms with E-state index in [0.717, 1.165) is 24.2 Å². The predicted molar refractivity (Wildman–Crippen MR) is 148 cm³/mol. The minimum Gasteiger partial charge on any atom is -0.376 e. The molecular weight excluding hydrogens is 464 g/mol. The predicted octanol–water partition coefficient (Wildman–Crippen LogP) is 5.47. The Morgan fingerprint density at radius 1 is 0.811 bits per heavy atom. The van der Waals surface area contributed by atoms with Crippen molar-refractivity contribution in [2.75, 3.05) is 28.6 Å². The molecular formula is C30H34N4O3. The molecule has 1 aliphatic rings. The smallest absolute Gasteiger partial charge is 0.258 e. The molecule has 0 radical (unpaired) electrons. The molecule has 0 unspecified atom stereocenters. The maximum Gasteiger partial charge on any atom is 0.258 e. The Hall–Kier alpha value is -4.13. The van der Waals surface area contributed by atoms with Crippen LogP contribution in [-0.4, -0.2) is 36.9 Å². The second kappa shape index (κ2) is 12.7. The molecule has 4 rings (SSSR count). The van der Waals surface area contributed by atoms with E-state index >= 15 is 0 Å². The number of rotatable bonds is 9. The first kappa shape index (κ1) is 25.9. The first-order valence-corrected chi connectivity index (χ1v) is 12.9. The zero-order valence-corrected chi connectivity index (χ0v) is 21.2. The number of carbonyl (C=O) groups excluding carboxylic acids is 3. The molecule has 0 spiro atoms. The Bertz CT molecular complexity index is 1210. The van der Waals surface area contributed by atoms with E-state index in [1.165, 1.54) is 19.3 Å². The maximum absolute atomic E-state index is 13.1. The van der Waals surface area contributed by atoms with E-state index in [-0.39, 0.29) is 30.3 Å². The molecule has 0 heterocycles. The number of hydrogen-bond donors (Lipinski definition) is 3. The van der Waals surface area contributed by atoms with E-state index < -0.39 is 0 Å². The van der Waals surface area contributed by atoms with Crippen molar-refractivity contribution < 1.29 is 14.4 Å². The molecule has 192 valence electrons. The summed E-state index contributed by atoms with van der Waals surface area (Å²) in [6, 6.07) is 23.8. The number of nitrogens with zero attached hydrogens (tertiary/aromatic N) is 1. The molecule has 0 aliphatic heterocycles. The van der Waals surface area contributed by atoms with Gasteiger partial charge in [0.1, 0.15) is 0 Å². The van der Waals surface area contributed by atoms with E-state index in [1.807, 2.05) is 37.3 Å². The fourth-order valence-corrected chi connectivity index (χ4v) is 4.58. The van der Waals surface area contributed by atoms with Crippen molar-refractivity contribution in [3.05, 3.63) is 90.0 Å². The summed E-state index contributed by atoms with van der Waals surface area (Å²) in [4.78, 5) is 39.8. The second-order valence-electron chi connectivity index (χ2n) is 9.25. The lowest BCUT2D eigenvalue weighted by Gasteiger charge is -2.22. The number of anilines is 3. The van der Waals surface area contributed by atoms with E-state index in [0.29, 0.717) is 23.4 Å². The molecule has 7 heteroatoms. The van der Waals surface area contributed by atoms with Gasteiger partial charge in [0, 0.05) is 40.8 Å². The number of carbonyl (C=O) groups is 3. The summed E-state index contributed by atoms with van der Waals surface area (Å²) in [6.45, 7) is 2.51. The van der Waals surface area contributed by atoms with Crippen molar-refractivity contribution in [2.45, 2.75) is 45.1 Å². The third-order valence-corrected chi connectivity index (χ3v) is 6.56. The average Bonchev–Trinajstić information content (AvgIpc) is 2.94. The van der Waals surface area contributed by atoms with Gasteiger partial charge in [-0.05, 0) is 74.4 Å². The van der Waals surface area contributed by atoms with Crippen molar-refractivity contribution >= 4 is 34.8 Å². The summed E-state index contributed by atoms with van der Waals surface area (Å²) in [7, 11) is 0. The van der Waals surface area contributed by atoms with Gasteiger partial charge in [0.2, 0.25) is 5.91 Å². The molecule has 3 N–H and O–H groups in total. The normalized spacial score (nSPS) is 13.4. The SMILES string of the molecule is CCN(C(=O)c1cccc(NC(=O)CNc2ccc(C(=O)NC3CCCCC3)cc2)c1)c1ccccc1. The molecule has 3 aromatic rings. The number of benzene rings is 3. The van der Waals surface area contributed by atoms with Crippen LogP contribution in [-0.2, 0) is 4.79 Å². The number of para-hydroxylation sites is 1. The molecule has 0 saturated heterocycles. The van der Waals surface area contributed by atoms with Crippen LogP contribution in [0.3, 0.4) is 0 Å².